The summed E-state index contributed by atoms with van der Waals surface area (Å²) >= 11 is 0. The third kappa shape index (κ3) is 2.83. The predicted molar refractivity (Wildman–Crippen MR) is 88.0 cm³/mol. The van der Waals surface area contributed by atoms with Gasteiger partial charge in [0.25, 0.3) is 0 Å². The first-order valence-electron chi connectivity index (χ1n) is 8.83. The summed E-state index contributed by atoms with van der Waals surface area (Å²) in [6.07, 6.45) is 8.80. The number of hydrogen-bond donors (Lipinski definition) is 2. The van der Waals surface area contributed by atoms with Crippen LogP contribution >= 0.6 is 0 Å². The first kappa shape index (κ1) is 13.6. The highest BCUT2D eigenvalue weighted by molar-refractivity contribution is 5.40. The molecule has 114 valence electrons. The minimum Gasteiger partial charge on any atom is -0.399 e. The second kappa shape index (κ2) is 5.64. The molecular weight excluding hydrogens is 256 g/mol. The van der Waals surface area contributed by atoms with Crippen LogP contribution in [0, 0.1) is 29.6 Å². The molecule has 5 rings (SSSR count). The monoisotopic (exact) mass is 284 g/mol. The fraction of sp³-hybridized carbons (Fsp3) is 0.684. The Kier molecular flexibility index (Phi) is 3.66. The largest absolute Gasteiger partial charge is 0.399 e. The van der Waals surface area contributed by atoms with Gasteiger partial charge in [-0.15, -0.1) is 0 Å². The Bertz CT molecular complexity index is 468. The van der Waals surface area contributed by atoms with E-state index >= 15 is 0 Å². The fourth-order valence-corrected chi connectivity index (χ4v) is 5.62. The molecule has 0 amide bonds. The van der Waals surface area contributed by atoms with Crippen molar-refractivity contribution in [1.82, 2.24) is 5.32 Å². The molecule has 4 saturated carbocycles. The third-order valence-corrected chi connectivity index (χ3v) is 6.34. The van der Waals surface area contributed by atoms with E-state index in [-0.39, 0.29) is 0 Å². The van der Waals surface area contributed by atoms with E-state index in [1.165, 1.54) is 37.8 Å². The summed E-state index contributed by atoms with van der Waals surface area (Å²) in [5.74, 6) is 5.24. The number of hydrogen-bond acceptors (Lipinski definition) is 2. The van der Waals surface area contributed by atoms with Gasteiger partial charge in [-0.3, -0.25) is 0 Å². The van der Waals surface area contributed by atoms with Crippen molar-refractivity contribution in [3.63, 3.8) is 0 Å². The Morgan fingerprint density at radius 3 is 2.38 bits per heavy atom. The van der Waals surface area contributed by atoms with Gasteiger partial charge in [-0.2, -0.15) is 0 Å². The lowest BCUT2D eigenvalue weighted by molar-refractivity contribution is -0.0353. The predicted octanol–water partition coefficient (Wildman–Crippen LogP) is 3.47. The molecule has 0 heterocycles. The van der Waals surface area contributed by atoms with Crippen molar-refractivity contribution in [3.8, 4) is 0 Å². The van der Waals surface area contributed by atoms with Crippen LogP contribution in [0.2, 0.25) is 0 Å². The Labute approximate surface area is 128 Å². The zero-order valence-corrected chi connectivity index (χ0v) is 12.9. The molecule has 0 atom stereocenters. The topological polar surface area (TPSA) is 38.0 Å². The van der Waals surface area contributed by atoms with Crippen LogP contribution in [-0.2, 0) is 6.42 Å². The third-order valence-electron chi connectivity index (χ3n) is 6.34. The van der Waals surface area contributed by atoms with Crippen molar-refractivity contribution in [2.45, 2.75) is 38.5 Å². The summed E-state index contributed by atoms with van der Waals surface area (Å²) in [6.45, 7) is 2.34. The van der Waals surface area contributed by atoms with E-state index in [1.807, 2.05) is 6.07 Å². The van der Waals surface area contributed by atoms with Gasteiger partial charge in [0.2, 0.25) is 0 Å². The maximum absolute atomic E-state index is 5.84. The summed E-state index contributed by atoms with van der Waals surface area (Å²) in [5, 5.41) is 3.74. The molecule has 1 aromatic carbocycles. The highest BCUT2D eigenvalue weighted by Gasteiger charge is 2.47. The summed E-state index contributed by atoms with van der Waals surface area (Å²) in [4.78, 5) is 0. The van der Waals surface area contributed by atoms with Gasteiger partial charge >= 0.3 is 0 Å². The Morgan fingerprint density at radius 2 is 1.71 bits per heavy atom. The molecule has 2 nitrogen and oxygen atoms in total. The highest BCUT2D eigenvalue weighted by atomic mass is 14.9. The van der Waals surface area contributed by atoms with Crippen LogP contribution in [-0.4, -0.2) is 13.1 Å². The summed E-state index contributed by atoms with van der Waals surface area (Å²) in [5.41, 5.74) is 8.08. The molecule has 0 saturated heterocycles. The van der Waals surface area contributed by atoms with Crippen molar-refractivity contribution in [3.05, 3.63) is 29.8 Å². The molecular formula is C19H28N2. The van der Waals surface area contributed by atoms with Crippen LogP contribution in [0.3, 0.4) is 0 Å². The Hall–Kier alpha value is -1.02. The molecule has 4 fully saturated rings. The molecule has 0 unspecified atom stereocenters. The summed E-state index contributed by atoms with van der Waals surface area (Å²) in [6, 6.07) is 8.30. The molecule has 0 aliphatic heterocycles. The first-order chi connectivity index (χ1) is 10.3. The molecule has 1 aromatic rings. The van der Waals surface area contributed by atoms with Crippen LogP contribution in [0.1, 0.15) is 37.7 Å². The van der Waals surface area contributed by atoms with E-state index in [1.54, 1.807) is 6.42 Å². The van der Waals surface area contributed by atoms with Crippen molar-refractivity contribution in [2.24, 2.45) is 29.6 Å². The molecule has 21 heavy (non-hydrogen) atoms. The molecule has 4 aliphatic carbocycles. The van der Waals surface area contributed by atoms with E-state index in [2.05, 4.69) is 23.5 Å². The molecule has 2 heteroatoms. The van der Waals surface area contributed by atoms with E-state index in [4.69, 9.17) is 5.73 Å². The Balaban J connectivity index is 1.26. The van der Waals surface area contributed by atoms with Gasteiger partial charge in [-0.1, -0.05) is 12.1 Å². The lowest BCUT2D eigenvalue weighted by Crippen LogP contribution is -2.48. The van der Waals surface area contributed by atoms with E-state index < -0.39 is 0 Å². The van der Waals surface area contributed by atoms with Gasteiger partial charge in [0.1, 0.15) is 0 Å². The fourth-order valence-electron chi connectivity index (χ4n) is 5.62. The summed E-state index contributed by atoms with van der Waals surface area (Å²) < 4.78 is 0. The van der Waals surface area contributed by atoms with Crippen LogP contribution in [0.15, 0.2) is 24.3 Å². The normalized spacial score (nSPS) is 37.0. The van der Waals surface area contributed by atoms with Crippen LogP contribution in [0.5, 0.6) is 0 Å². The van der Waals surface area contributed by atoms with Gasteiger partial charge in [-0.05, 0) is 98.9 Å². The van der Waals surface area contributed by atoms with E-state index in [0.29, 0.717) is 0 Å². The van der Waals surface area contributed by atoms with Gasteiger partial charge in [0.15, 0.2) is 0 Å². The number of rotatable bonds is 5. The van der Waals surface area contributed by atoms with E-state index in [9.17, 15) is 0 Å². The quantitative estimate of drug-likeness (QED) is 0.642. The number of nitrogens with one attached hydrogen (secondary N) is 1. The van der Waals surface area contributed by atoms with Gasteiger partial charge < -0.3 is 11.1 Å². The number of nitrogens with two attached hydrogens (primary N) is 1. The molecule has 3 N–H and O–H groups in total. The van der Waals surface area contributed by atoms with Gasteiger partial charge in [0.05, 0.1) is 0 Å². The van der Waals surface area contributed by atoms with Gasteiger partial charge in [0, 0.05) is 5.69 Å². The lowest BCUT2D eigenvalue weighted by atomic mass is 9.52. The molecule has 4 bridgehead atoms. The second-order valence-electron chi connectivity index (χ2n) is 7.79. The van der Waals surface area contributed by atoms with Crippen molar-refractivity contribution in [1.29, 1.82) is 0 Å². The minimum atomic E-state index is 0.883. The minimum absolute atomic E-state index is 0.883. The van der Waals surface area contributed by atoms with Crippen LogP contribution < -0.4 is 11.1 Å². The lowest BCUT2D eigenvalue weighted by Gasteiger charge is -2.54. The standard InChI is InChI=1S/C19H28N2/c20-18-3-1-2-13(11-18)4-5-21-12-19-16-7-14-6-15(9-16)10-17(19)8-14/h1-3,11,14-17,19,21H,4-10,12,20H2. The highest BCUT2D eigenvalue weighted by Crippen LogP contribution is 2.56. The maximum Gasteiger partial charge on any atom is 0.0316 e. The SMILES string of the molecule is Nc1cccc(CCNCC2C3CC4CC(C3)CC2C4)c1. The van der Waals surface area contributed by atoms with Crippen molar-refractivity contribution in [2.75, 3.05) is 18.8 Å². The number of nitrogen functional groups attached to an aromatic ring is 1. The van der Waals surface area contributed by atoms with Crippen LogP contribution in [0.4, 0.5) is 5.69 Å². The molecule has 0 aromatic heterocycles. The number of benzene rings is 1. The zero-order chi connectivity index (χ0) is 14.2. The first-order valence-corrected chi connectivity index (χ1v) is 8.83. The molecule has 4 aliphatic rings. The maximum atomic E-state index is 5.84. The Morgan fingerprint density at radius 1 is 1.00 bits per heavy atom. The molecule has 0 spiro atoms. The van der Waals surface area contributed by atoms with E-state index in [0.717, 1.165) is 48.2 Å². The smallest absolute Gasteiger partial charge is 0.0316 e. The average molecular weight is 284 g/mol. The van der Waals surface area contributed by atoms with Gasteiger partial charge in [-0.25, -0.2) is 0 Å². The summed E-state index contributed by atoms with van der Waals surface area (Å²) in [7, 11) is 0. The van der Waals surface area contributed by atoms with Crippen molar-refractivity contribution >= 4 is 5.69 Å². The molecule has 0 radical (unpaired) electrons. The number of anilines is 1. The van der Waals surface area contributed by atoms with Crippen molar-refractivity contribution < 1.29 is 0 Å². The zero-order valence-electron chi connectivity index (χ0n) is 12.9. The average Bonchev–Trinajstić information content (AvgIpc) is 2.45. The second-order valence-corrected chi connectivity index (χ2v) is 7.79. The van der Waals surface area contributed by atoms with Crippen LogP contribution in [0.25, 0.3) is 0 Å².